The molecule has 0 saturated heterocycles. The molecule has 6 heteroatoms. The van der Waals surface area contributed by atoms with Crippen molar-refractivity contribution in [1.29, 1.82) is 0 Å². The van der Waals surface area contributed by atoms with Crippen LogP contribution >= 0.6 is 0 Å². The van der Waals surface area contributed by atoms with Crippen LogP contribution < -0.4 is 5.32 Å². The molecule has 130 valence electrons. The van der Waals surface area contributed by atoms with Crippen LogP contribution in [0.4, 0.5) is 11.5 Å². The highest BCUT2D eigenvalue weighted by molar-refractivity contribution is 5.93. The van der Waals surface area contributed by atoms with Gasteiger partial charge in [0, 0.05) is 34.4 Å². The minimum absolute atomic E-state index is 0.681. The Kier molecular flexibility index (Phi) is 3.53. The Balaban J connectivity index is 1.66. The van der Waals surface area contributed by atoms with E-state index in [9.17, 15) is 0 Å². The van der Waals surface area contributed by atoms with Gasteiger partial charge in [0.05, 0.1) is 17.2 Å². The van der Waals surface area contributed by atoms with Crippen LogP contribution in [0.5, 0.6) is 0 Å². The predicted molar refractivity (Wildman–Crippen MR) is 107 cm³/mol. The van der Waals surface area contributed by atoms with E-state index < -0.39 is 0 Å². The molecule has 0 radical (unpaired) electrons. The number of aryl methyl sites for hydroxylation is 1. The fraction of sp³-hybridized carbons (Fsp3) is 0.0476. The topological polar surface area (TPSA) is 79.4 Å². The maximum absolute atomic E-state index is 4.82. The number of nitrogens with zero attached hydrogens (tertiary/aromatic N) is 4. The van der Waals surface area contributed by atoms with E-state index in [4.69, 9.17) is 9.97 Å². The molecule has 0 spiro atoms. The van der Waals surface area contributed by atoms with Crippen LogP contribution in [0.3, 0.4) is 0 Å². The van der Waals surface area contributed by atoms with Crippen molar-refractivity contribution in [1.82, 2.24) is 25.1 Å². The molecule has 0 aliphatic rings. The molecule has 0 atom stereocenters. The molecular weight excluding hydrogens is 336 g/mol. The maximum atomic E-state index is 4.82. The van der Waals surface area contributed by atoms with Crippen LogP contribution in [-0.2, 0) is 0 Å². The van der Waals surface area contributed by atoms with E-state index in [2.05, 4.69) is 20.5 Å². The molecule has 3 heterocycles. The lowest BCUT2D eigenvalue weighted by atomic mass is 10.1. The second-order valence-electron chi connectivity index (χ2n) is 6.40. The molecule has 2 aromatic carbocycles. The van der Waals surface area contributed by atoms with Crippen LogP contribution in [0, 0.1) is 6.92 Å². The van der Waals surface area contributed by atoms with Crippen molar-refractivity contribution in [2.45, 2.75) is 6.92 Å². The lowest BCUT2D eigenvalue weighted by Crippen LogP contribution is -2.00. The molecule has 5 aromatic rings. The van der Waals surface area contributed by atoms with Gasteiger partial charge in [-0.25, -0.2) is 9.97 Å². The standard InChI is InChI=1S/C21H16N6/c1-13-11-22-9-8-16(13)20-25-19-5-3-2-4-17(19)21(26-20)24-15-6-7-18-14(10-15)12-23-27-18/h2-12H,1H3,(H,23,27)(H,24,25,26). The van der Waals surface area contributed by atoms with Crippen molar-refractivity contribution in [3.05, 3.63) is 72.7 Å². The summed E-state index contributed by atoms with van der Waals surface area (Å²) < 4.78 is 0. The largest absolute Gasteiger partial charge is 0.340 e. The zero-order chi connectivity index (χ0) is 18.2. The number of benzene rings is 2. The normalized spacial score (nSPS) is 11.1. The van der Waals surface area contributed by atoms with E-state index in [1.54, 1.807) is 6.20 Å². The first-order chi connectivity index (χ1) is 13.3. The summed E-state index contributed by atoms with van der Waals surface area (Å²) >= 11 is 0. The molecule has 0 saturated carbocycles. The van der Waals surface area contributed by atoms with Crippen LogP contribution in [0.15, 0.2) is 67.1 Å². The Morgan fingerprint density at radius 1 is 0.963 bits per heavy atom. The Morgan fingerprint density at radius 2 is 1.89 bits per heavy atom. The van der Waals surface area contributed by atoms with Crippen LogP contribution in [0.2, 0.25) is 0 Å². The van der Waals surface area contributed by atoms with Crippen molar-refractivity contribution in [2.75, 3.05) is 5.32 Å². The van der Waals surface area contributed by atoms with Crippen molar-refractivity contribution in [3.8, 4) is 11.4 Å². The molecule has 27 heavy (non-hydrogen) atoms. The molecule has 0 bridgehead atoms. The molecule has 6 nitrogen and oxygen atoms in total. The van der Waals surface area contributed by atoms with Gasteiger partial charge >= 0.3 is 0 Å². The number of aromatic nitrogens is 5. The van der Waals surface area contributed by atoms with E-state index in [1.807, 2.05) is 67.8 Å². The molecular formula is C21H16N6. The summed E-state index contributed by atoms with van der Waals surface area (Å²) in [5.74, 6) is 1.45. The second-order valence-corrected chi connectivity index (χ2v) is 6.40. The number of hydrogen-bond acceptors (Lipinski definition) is 5. The van der Waals surface area contributed by atoms with Gasteiger partial charge in [-0.3, -0.25) is 10.1 Å². The number of nitrogens with one attached hydrogen (secondary N) is 2. The fourth-order valence-corrected chi connectivity index (χ4v) is 3.17. The summed E-state index contributed by atoms with van der Waals surface area (Å²) in [6.07, 6.45) is 5.40. The van der Waals surface area contributed by atoms with E-state index in [0.29, 0.717) is 5.82 Å². The average molecular weight is 352 g/mol. The Bertz CT molecular complexity index is 1270. The SMILES string of the molecule is Cc1cnccc1-c1nc(Nc2ccc3[nH]ncc3c2)c2ccccc2n1. The maximum Gasteiger partial charge on any atom is 0.162 e. The summed E-state index contributed by atoms with van der Waals surface area (Å²) in [6.45, 7) is 2.01. The summed E-state index contributed by atoms with van der Waals surface area (Å²) in [5.41, 5.74) is 4.86. The van der Waals surface area contributed by atoms with Crippen LogP contribution in [0.25, 0.3) is 33.2 Å². The molecule has 2 N–H and O–H groups in total. The summed E-state index contributed by atoms with van der Waals surface area (Å²) in [5, 5.41) is 12.5. The van der Waals surface area contributed by atoms with Gasteiger partial charge < -0.3 is 5.32 Å². The van der Waals surface area contributed by atoms with Gasteiger partial charge in [-0.1, -0.05) is 12.1 Å². The molecule has 5 rings (SSSR count). The quantitative estimate of drug-likeness (QED) is 0.495. The molecule has 0 amide bonds. The van der Waals surface area contributed by atoms with Crippen molar-refractivity contribution < 1.29 is 0 Å². The lowest BCUT2D eigenvalue weighted by molar-refractivity contribution is 1.12. The highest BCUT2D eigenvalue weighted by Crippen LogP contribution is 2.29. The van der Waals surface area contributed by atoms with E-state index >= 15 is 0 Å². The Labute approximate surface area is 155 Å². The molecule has 0 fully saturated rings. The van der Waals surface area contributed by atoms with Gasteiger partial charge in [0.25, 0.3) is 0 Å². The Morgan fingerprint density at radius 3 is 2.81 bits per heavy atom. The monoisotopic (exact) mass is 352 g/mol. The van der Waals surface area contributed by atoms with E-state index in [0.717, 1.165) is 44.4 Å². The van der Waals surface area contributed by atoms with Gasteiger partial charge in [0.1, 0.15) is 5.82 Å². The Hall–Kier alpha value is -3.80. The minimum atomic E-state index is 0.681. The average Bonchev–Trinajstić information content (AvgIpc) is 3.16. The third-order valence-electron chi connectivity index (χ3n) is 4.57. The van der Waals surface area contributed by atoms with E-state index in [-0.39, 0.29) is 0 Å². The third-order valence-corrected chi connectivity index (χ3v) is 4.57. The van der Waals surface area contributed by atoms with Crippen molar-refractivity contribution >= 4 is 33.3 Å². The first-order valence-electron chi connectivity index (χ1n) is 8.66. The van der Waals surface area contributed by atoms with Gasteiger partial charge in [0.15, 0.2) is 5.82 Å². The third kappa shape index (κ3) is 2.77. The number of rotatable bonds is 3. The number of anilines is 2. The minimum Gasteiger partial charge on any atom is -0.340 e. The first-order valence-corrected chi connectivity index (χ1v) is 8.66. The molecule has 0 aliphatic carbocycles. The number of aromatic amines is 1. The predicted octanol–water partition coefficient (Wildman–Crippen LogP) is 4.62. The van der Waals surface area contributed by atoms with E-state index in [1.165, 1.54) is 0 Å². The molecule has 0 aliphatic heterocycles. The lowest BCUT2D eigenvalue weighted by Gasteiger charge is -2.12. The zero-order valence-corrected chi connectivity index (χ0v) is 14.6. The van der Waals surface area contributed by atoms with Crippen molar-refractivity contribution in [3.63, 3.8) is 0 Å². The highest BCUT2D eigenvalue weighted by Gasteiger charge is 2.11. The van der Waals surface area contributed by atoms with Gasteiger partial charge in [-0.05, 0) is 48.9 Å². The first kappa shape index (κ1) is 15.5. The van der Waals surface area contributed by atoms with Gasteiger partial charge in [0.2, 0.25) is 0 Å². The summed E-state index contributed by atoms with van der Waals surface area (Å²) in [7, 11) is 0. The number of para-hydroxylation sites is 1. The number of hydrogen-bond donors (Lipinski definition) is 2. The zero-order valence-electron chi connectivity index (χ0n) is 14.6. The van der Waals surface area contributed by atoms with Gasteiger partial charge in [-0.15, -0.1) is 0 Å². The number of fused-ring (bicyclic) bond motifs is 2. The number of pyridine rings is 1. The summed E-state index contributed by atoms with van der Waals surface area (Å²) in [6, 6.07) is 16.0. The van der Waals surface area contributed by atoms with Crippen LogP contribution in [0.1, 0.15) is 5.56 Å². The van der Waals surface area contributed by atoms with Crippen molar-refractivity contribution in [2.24, 2.45) is 0 Å². The van der Waals surface area contributed by atoms with Crippen LogP contribution in [-0.4, -0.2) is 25.1 Å². The van der Waals surface area contributed by atoms with Gasteiger partial charge in [-0.2, -0.15) is 5.10 Å². The smallest absolute Gasteiger partial charge is 0.162 e. The highest BCUT2D eigenvalue weighted by atomic mass is 15.1. The second kappa shape index (κ2) is 6.17. The summed E-state index contributed by atoms with van der Waals surface area (Å²) in [4.78, 5) is 13.7. The molecule has 3 aromatic heterocycles. The fourth-order valence-electron chi connectivity index (χ4n) is 3.17. The molecule has 0 unspecified atom stereocenters. The number of H-pyrrole nitrogens is 1.